The molecule has 0 aliphatic rings. The summed E-state index contributed by atoms with van der Waals surface area (Å²) in [5.74, 6) is -0.833. The van der Waals surface area contributed by atoms with Crippen LogP contribution in [-0.2, 0) is 4.79 Å². The molecule has 2 aromatic carbocycles. The third-order valence-electron chi connectivity index (χ3n) is 2.07. The van der Waals surface area contributed by atoms with Gasteiger partial charge in [0.15, 0.2) is 0 Å². The van der Waals surface area contributed by atoms with Crippen molar-refractivity contribution < 1.29 is 9.90 Å². The molecule has 2 aromatic rings. The molecule has 0 aromatic heterocycles. The fourth-order valence-electron chi connectivity index (χ4n) is 1.18. The van der Waals surface area contributed by atoms with Crippen molar-refractivity contribution in [3.8, 4) is 0 Å². The highest BCUT2D eigenvalue weighted by Crippen LogP contribution is 1.98. The molecular formula is C20H26O2. The molecule has 0 bridgehead atoms. The minimum atomic E-state index is -0.833. The Morgan fingerprint density at radius 1 is 0.818 bits per heavy atom. The van der Waals surface area contributed by atoms with Crippen molar-refractivity contribution in [2.24, 2.45) is 0 Å². The van der Waals surface area contributed by atoms with Gasteiger partial charge < -0.3 is 5.11 Å². The van der Waals surface area contributed by atoms with Gasteiger partial charge in [-0.05, 0) is 11.1 Å². The maximum atomic E-state index is 9.00. The first-order chi connectivity index (χ1) is 10.6. The Morgan fingerprint density at radius 2 is 1.05 bits per heavy atom. The molecule has 2 rings (SSSR count). The Kier molecular flexibility index (Phi) is 16.2. The lowest BCUT2D eigenvalue weighted by molar-refractivity contribution is -0.134. The van der Waals surface area contributed by atoms with Crippen LogP contribution in [0.3, 0.4) is 0 Å². The maximum Gasteiger partial charge on any atom is 0.300 e. The van der Waals surface area contributed by atoms with Crippen LogP contribution in [0, 0.1) is 0 Å². The second kappa shape index (κ2) is 16.4. The number of carboxylic acids is 1. The van der Waals surface area contributed by atoms with E-state index in [4.69, 9.17) is 9.90 Å². The molecule has 0 saturated heterocycles. The number of carbonyl (C=O) groups is 1. The van der Waals surface area contributed by atoms with Crippen LogP contribution in [0.4, 0.5) is 0 Å². The van der Waals surface area contributed by atoms with E-state index in [-0.39, 0.29) is 0 Å². The lowest BCUT2D eigenvalue weighted by atomic mass is 10.2. The smallest absolute Gasteiger partial charge is 0.300 e. The van der Waals surface area contributed by atoms with E-state index in [0.29, 0.717) is 0 Å². The summed E-state index contributed by atoms with van der Waals surface area (Å²) >= 11 is 0. The topological polar surface area (TPSA) is 37.3 Å². The maximum absolute atomic E-state index is 9.00. The quantitative estimate of drug-likeness (QED) is 0.763. The number of benzene rings is 2. The summed E-state index contributed by atoms with van der Waals surface area (Å²) in [7, 11) is 0. The van der Waals surface area contributed by atoms with Crippen LogP contribution in [-0.4, -0.2) is 11.1 Å². The van der Waals surface area contributed by atoms with Gasteiger partial charge in [-0.25, -0.2) is 0 Å². The largest absolute Gasteiger partial charge is 0.481 e. The monoisotopic (exact) mass is 298 g/mol. The number of carboxylic acid groups (broad SMARTS) is 1. The molecule has 0 aliphatic carbocycles. The third kappa shape index (κ3) is 15.4. The molecule has 2 heteroatoms. The molecule has 2 nitrogen and oxygen atoms in total. The second-order valence-electron chi connectivity index (χ2n) is 3.75. The highest BCUT2D eigenvalue weighted by atomic mass is 16.4. The molecule has 0 saturated carbocycles. The van der Waals surface area contributed by atoms with Crippen LogP contribution in [0.5, 0.6) is 0 Å². The second-order valence-corrected chi connectivity index (χ2v) is 3.75. The van der Waals surface area contributed by atoms with Gasteiger partial charge in [-0.1, -0.05) is 99.8 Å². The van der Waals surface area contributed by atoms with Crippen LogP contribution >= 0.6 is 0 Å². The minimum Gasteiger partial charge on any atom is -0.481 e. The Bertz CT molecular complexity index is 454. The Morgan fingerprint density at radius 3 is 1.18 bits per heavy atom. The van der Waals surface area contributed by atoms with Crippen molar-refractivity contribution in [2.75, 3.05) is 0 Å². The average molecular weight is 298 g/mol. The summed E-state index contributed by atoms with van der Waals surface area (Å²) in [6, 6.07) is 20.1. The molecule has 0 fully saturated rings. The van der Waals surface area contributed by atoms with Gasteiger partial charge in [-0.15, -0.1) is 0 Å². The zero-order chi connectivity index (χ0) is 17.2. The first-order valence-corrected chi connectivity index (χ1v) is 7.14. The molecule has 1 N–H and O–H groups in total. The zero-order valence-corrected chi connectivity index (χ0v) is 13.7. The molecule has 0 radical (unpaired) electrons. The third-order valence-corrected chi connectivity index (χ3v) is 2.07. The summed E-state index contributed by atoms with van der Waals surface area (Å²) in [4.78, 5) is 9.00. The van der Waals surface area contributed by atoms with Gasteiger partial charge in [-0.3, -0.25) is 4.79 Å². The van der Waals surface area contributed by atoms with Crippen LogP contribution in [0.2, 0.25) is 0 Å². The molecule has 0 aliphatic heterocycles. The van der Waals surface area contributed by atoms with Crippen molar-refractivity contribution in [3.05, 3.63) is 84.9 Å². The van der Waals surface area contributed by atoms with Crippen molar-refractivity contribution in [2.45, 2.75) is 20.8 Å². The highest BCUT2D eigenvalue weighted by Gasteiger charge is 1.76. The van der Waals surface area contributed by atoms with E-state index in [1.807, 2.05) is 86.7 Å². The van der Waals surface area contributed by atoms with E-state index < -0.39 is 5.97 Å². The molecule has 0 heterocycles. The van der Waals surface area contributed by atoms with Gasteiger partial charge >= 0.3 is 0 Å². The van der Waals surface area contributed by atoms with Crippen LogP contribution in [0.25, 0.3) is 12.2 Å². The van der Waals surface area contributed by atoms with Crippen LogP contribution in [0.15, 0.2) is 73.8 Å². The predicted molar refractivity (Wildman–Crippen MR) is 97.7 cm³/mol. The first-order valence-electron chi connectivity index (χ1n) is 7.14. The molecule has 0 amide bonds. The summed E-state index contributed by atoms with van der Waals surface area (Å²) in [5.41, 5.74) is 2.35. The Hall–Kier alpha value is -2.61. The zero-order valence-electron chi connectivity index (χ0n) is 13.7. The number of hydrogen-bond donors (Lipinski definition) is 1. The number of rotatable bonds is 2. The fourth-order valence-corrected chi connectivity index (χ4v) is 1.18. The number of hydrogen-bond acceptors (Lipinski definition) is 1. The molecule has 0 spiro atoms. The van der Waals surface area contributed by atoms with Gasteiger partial charge in [-0.2, -0.15) is 0 Å². The van der Waals surface area contributed by atoms with Gasteiger partial charge in [0.25, 0.3) is 5.97 Å². The average Bonchev–Trinajstić information content (AvgIpc) is 2.58. The molecule has 118 valence electrons. The minimum absolute atomic E-state index is 0.833. The van der Waals surface area contributed by atoms with Crippen LogP contribution < -0.4 is 0 Å². The summed E-state index contributed by atoms with van der Waals surface area (Å²) in [6.45, 7) is 12.3. The lowest BCUT2D eigenvalue weighted by Gasteiger charge is -1.85. The summed E-state index contributed by atoms with van der Waals surface area (Å²) in [6.07, 6.45) is 3.67. The highest BCUT2D eigenvalue weighted by molar-refractivity contribution is 5.62. The Labute approximate surface area is 134 Å². The molecule has 0 atom stereocenters. The van der Waals surface area contributed by atoms with Gasteiger partial charge in [0.1, 0.15) is 0 Å². The molecule has 0 unspecified atom stereocenters. The van der Waals surface area contributed by atoms with E-state index in [2.05, 4.69) is 13.2 Å². The standard InChI is InChI=1S/2C8H8.C2H4O2.C2H6/c2*1-2-8-6-4-3-5-7-8;1-2(3)4;1-2/h2*2-7H,1H2;1H3,(H,3,4);1-2H3. The number of aliphatic carboxylic acids is 1. The first kappa shape index (κ1) is 21.7. The van der Waals surface area contributed by atoms with Crippen LogP contribution in [0.1, 0.15) is 31.9 Å². The molecule has 22 heavy (non-hydrogen) atoms. The van der Waals surface area contributed by atoms with Crippen molar-refractivity contribution >= 4 is 18.1 Å². The Balaban J connectivity index is 0. The van der Waals surface area contributed by atoms with E-state index in [9.17, 15) is 0 Å². The fraction of sp³-hybridized carbons (Fsp3) is 0.150. The van der Waals surface area contributed by atoms with Gasteiger partial charge in [0.2, 0.25) is 0 Å². The van der Waals surface area contributed by atoms with Crippen molar-refractivity contribution in [3.63, 3.8) is 0 Å². The van der Waals surface area contributed by atoms with Crippen molar-refractivity contribution in [1.29, 1.82) is 0 Å². The van der Waals surface area contributed by atoms with E-state index in [0.717, 1.165) is 6.92 Å². The van der Waals surface area contributed by atoms with E-state index >= 15 is 0 Å². The summed E-state index contributed by atoms with van der Waals surface area (Å²) in [5, 5.41) is 7.42. The van der Waals surface area contributed by atoms with E-state index in [1.165, 1.54) is 11.1 Å². The normalized spacial score (nSPS) is 7.59. The SMILES string of the molecule is C=Cc1ccccc1.C=Cc1ccccc1.CC.CC(=O)O. The van der Waals surface area contributed by atoms with E-state index in [1.54, 1.807) is 0 Å². The predicted octanol–water partition coefficient (Wildman–Crippen LogP) is 5.78. The van der Waals surface area contributed by atoms with Gasteiger partial charge in [0.05, 0.1) is 0 Å². The molecular weight excluding hydrogens is 272 g/mol. The van der Waals surface area contributed by atoms with Gasteiger partial charge in [0, 0.05) is 6.92 Å². The summed E-state index contributed by atoms with van der Waals surface area (Å²) < 4.78 is 0. The lowest BCUT2D eigenvalue weighted by Crippen LogP contribution is -1.78. The van der Waals surface area contributed by atoms with Crippen molar-refractivity contribution in [1.82, 2.24) is 0 Å².